The number of nitrogens with zero attached hydrogens (tertiary/aromatic N) is 1. The third-order valence-electron chi connectivity index (χ3n) is 4.25. The van der Waals surface area contributed by atoms with Crippen LogP contribution < -0.4 is 10.6 Å². The highest BCUT2D eigenvalue weighted by molar-refractivity contribution is 7.12. The third-order valence-corrected chi connectivity index (χ3v) is 5.24. The Morgan fingerprint density at radius 1 is 1.08 bits per heavy atom. The number of benzene rings is 1. The second kappa shape index (κ2) is 7.77. The van der Waals surface area contributed by atoms with Crippen molar-refractivity contribution in [2.24, 2.45) is 0 Å². The molecule has 0 saturated heterocycles. The number of para-hydroxylation sites is 1. The highest BCUT2D eigenvalue weighted by Crippen LogP contribution is 2.26. The maximum Gasteiger partial charge on any atom is 0.126 e. The lowest BCUT2D eigenvalue weighted by Crippen LogP contribution is -2.22. The number of thiophene rings is 1. The predicted octanol–water partition coefficient (Wildman–Crippen LogP) is 5.07. The molecule has 4 heteroatoms. The van der Waals surface area contributed by atoms with Gasteiger partial charge in [-0.05, 0) is 63.6 Å². The SMILES string of the molecule is Cc1cc(C(C)NCCCNc2ccc3ccccc3n2)c(C)s1. The highest BCUT2D eigenvalue weighted by atomic mass is 32.1. The van der Waals surface area contributed by atoms with Gasteiger partial charge in [-0.3, -0.25) is 0 Å². The van der Waals surface area contributed by atoms with Crippen molar-refractivity contribution >= 4 is 28.1 Å². The topological polar surface area (TPSA) is 37.0 Å². The van der Waals surface area contributed by atoms with Crippen molar-refractivity contribution in [3.05, 3.63) is 57.8 Å². The van der Waals surface area contributed by atoms with Crippen LogP contribution in [0.1, 0.15) is 34.7 Å². The van der Waals surface area contributed by atoms with Crippen LogP contribution in [0.2, 0.25) is 0 Å². The fourth-order valence-electron chi connectivity index (χ4n) is 2.98. The van der Waals surface area contributed by atoms with Crippen molar-refractivity contribution in [1.29, 1.82) is 0 Å². The van der Waals surface area contributed by atoms with Gasteiger partial charge in [0.15, 0.2) is 0 Å². The van der Waals surface area contributed by atoms with Crippen molar-refractivity contribution in [2.45, 2.75) is 33.2 Å². The summed E-state index contributed by atoms with van der Waals surface area (Å²) in [5, 5.41) is 8.21. The van der Waals surface area contributed by atoms with Gasteiger partial charge < -0.3 is 10.6 Å². The first-order valence-electron chi connectivity index (χ1n) is 8.53. The summed E-state index contributed by atoms with van der Waals surface area (Å²) in [7, 11) is 0. The van der Waals surface area contributed by atoms with Crippen molar-refractivity contribution in [2.75, 3.05) is 18.4 Å². The number of rotatable bonds is 7. The maximum atomic E-state index is 4.64. The summed E-state index contributed by atoms with van der Waals surface area (Å²) >= 11 is 1.88. The van der Waals surface area contributed by atoms with Crippen LogP contribution in [-0.2, 0) is 0 Å². The Morgan fingerprint density at radius 3 is 2.71 bits per heavy atom. The molecule has 3 nitrogen and oxygen atoms in total. The molecule has 1 unspecified atom stereocenters. The number of aryl methyl sites for hydroxylation is 2. The Morgan fingerprint density at radius 2 is 1.92 bits per heavy atom. The zero-order valence-corrected chi connectivity index (χ0v) is 15.4. The number of anilines is 1. The van der Waals surface area contributed by atoms with E-state index in [0.29, 0.717) is 6.04 Å². The Bertz CT molecular complexity index is 810. The summed E-state index contributed by atoms with van der Waals surface area (Å²) in [6, 6.07) is 15.1. The summed E-state index contributed by atoms with van der Waals surface area (Å²) in [6.07, 6.45) is 1.07. The molecule has 0 bridgehead atoms. The maximum absolute atomic E-state index is 4.64. The minimum atomic E-state index is 0.411. The van der Waals surface area contributed by atoms with E-state index >= 15 is 0 Å². The Balaban J connectivity index is 1.44. The van der Waals surface area contributed by atoms with E-state index in [1.165, 1.54) is 20.7 Å². The monoisotopic (exact) mass is 339 g/mol. The van der Waals surface area contributed by atoms with Gasteiger partial charge in [0.1, 0.15) is 5.82 Å². The van der Waals surface area contributed by atoms with Gasteiger partial charge in [0.2, 0.25) is 0 Å². The fraction of sp³-hybridized carbons (Fsp3) is 0.350. The minimum absolute atomic E-state index is 0.411. The van der Waals surface area contributed by atoms with Crippen LogP contribution in [0, 0.1) is 13.8 Å². The Kier molecular flexibility index (Phi) is 5.48. The molecule has 0 aliphatic carbocycles. The molecule has 3 aromatic rings. The molecule has 0 aliphatic heterocycles. The zero-order valence-electron chi connectivity index (χ0n) is 14.6. The van der Waals surface area contributed by atoms with E-state index in [4.69, 9.17) is 0 Å². The smallest absolute Gasteiger partial charge is 0.126 e. The van der Waals surface area contributed by atoms with E-state index in [1.807, 2.05) is 23.5 Å². The number of pyridine rings is 1. The van der Waals surface area contributed by atoms with Gasteiger partial charge in [-0.1, -0.05) is 18.2 Å². The van der Waals surface area contributed by atoms with Gasteiger partial charge in [0.25, 0.3) is 0 Å². The molecule has 3 rings (SSSR count). The van der Waals surface area contributed by atoms with Crippen LogP contribution in [0.4, 0.5) is 5.82 Å². The summed E-state index contributed by atoms with van der Waals surface area (Å²) in [6.45, 7) is 8.54. The van der Waals surface area contributed by atoms with Crippen LogP contribution in [-0.4, -0.2) is 18.1 Å². The molecular formula is C20H25N3S. The van der Waals surface area contributed by atoms with Crippen LogP contribution >= 0.6 is 11.3 Å². The molecule has 126 valence electrons. The first-order valence-corrected chi connectivity index (χ1v) is 9.35. The number of fused-ring (bicyclic) bond motifs is 1. The van der Waals surface area contributed by atoms with Crippen molar-refractivity contribution in [3.63, 3.8) is 0 Å². The predicted molar refractivity (Wildman–Crippen MR) is 105 cm³/mol. The number of hydrogen-bond acceptors (Lipinski definition) is 4. The molecule has 0 radical (unpaired) electrons. The lowest BCUT2D eigenvalue weighted by molar-refractivity contribution is 0.564. The average molecular weight is 340 g/mol. The van der Waals surface area contributed by atoms with E-state index in [-0.39, 0.29) is 0 Å². The lowest BCUT2D eigenvalue weighted by Gasteiger charge is -2.14. The molecule has 0 fully saturated rings. The van der Waals surface area contributed by atoms with Gasteiger partial charge in [-0.25, -0.2) is 4.98 Å². The van der Waals surface area contributed by atoms with E-state index in [0.717, 1.165) is 30.8 Å². The van der Waals surface area contributed by atoms with E-state index < -0.39 is 0 Å². The van der Waals surface area contributed by atoms with Crippen molar-refractivity contribution in [3.8, 4) is 0 Å². The molecule has 2 N–H and O–H groups in total. The van der Waals surface area contributed by atoms with Crippen LogP contribution in [0.15, 0.2) is 42.5 Å². The van der Waals surface area contributed by atoms with Crippen molar-refractivity contribution < 1.29 is 0 Å². The number of nitrogens with one attached hydrogen (secondary N) is 2. The van der Waals surface area contributed by atoms with Crippen molar-refractivity contribution in [1.82, 2.24) is 10.3 Å². The molecule has 0 saturated carbocycles. The Labute approximate surface area is 148 Å². The lowest BCUT2D eigenvalue weighted by atomic mass is 10.1. The zero-order chi connectivity index (χ0) is 16.9. The molecule has 0 aliphatic rings. The Hall–Kier alpha value is -1.91. The normalized spacial score (nSPS) is 12.5. The van der Waals surface area contributed by atoms with Crippen LogP contribution in [0.5, 0.6) is 0 Å². The molecule has 1 aromatic carbocycles. The molecule has 2 heterocycles. The molecule has 2 aromatic heterocycles. The molecule has 0 spiro atoms. The van der Waals surface area contributed by atoms with Gasteiger partial charge in [0.05, 0.1) is 5.52 Å². The van der Waals surface area contributed by atoms with Crippen LogP contribution in [0.3, 0.4) is 0 Å². The minimum Gasteiger partial charge on any atom is -0.370 e. The van der Waals surface area contributed by atoms with Gasteiger partial charge in [-0.2, -0.15) is 0 Å². The third kappa shape index (κ3) is 4.13. The second-order valence-electron chi connectivity index (χ2n) is 6.21. The quantitative estimate of drug-likeness (QED) is 0.590. The van der Waals surface area contributed by atoms with Gasteiger partial charge >= 0.3 is 0 Å². The van der Waals surface area contributed by atoms with Gasteiger partial charge in [0, 0.05) is 27.7 Å². The summed E-state index contributed by atoms with van der Waals surface area (Å²) in [5.41, 5.74) is 2.47. The number of aromatic nitrogens is 1. The summed E-state index contributed by atoms with van der Waals surface area (Å²) < 4.78 is 0. The van der Waals surface area contributed by atoms with Crippen LogP contribution in [0.25, 0.3) is 10.9 Å². The molecule has 1 atom stereocenters. The van der Waals surface area contributed by atoms with Gasteiger partial charge in [-0.15, -0.1) is 11.3 Å². The largest absolute Gasteiger partial charge is 0.370 e. The molecular weight excluding hydrogens is 314 g/mol. The summed E-state index contributed by atoms with van der Waals surface area (Å²) in [4.78, 5) is 7.45. The molecule has 0 amide bonds. The van der Waals surface area contributed by atoms with E-state index in [1.54, 1.807) is 0 Å². The molecule has 24 heavy (non-hydrogen) atoms. The first-order chi connectivity index (χ1) is 11.6. The number of hydrogen-bond donors (Lipinski definition) is 2. The van der Waals surface area contributed by atoms with E-state index in [9.17, 15) is 0 Å². The summed E-state index contributed by atoms with van der Waals surface area (Å²) in [5.74, 6) is 0.950. The standard InChI is InChI=1S/C20H25N3S/c1-14-13-18(16(3)24-14)15(2)21-11-6-12-22-20-10-9-17-7-4-5-8-19(17)23-20/h4-5,7-10,13,15,21H,6,11-12H2,1-3H3,(H,22,23). The average Bonchev–Trinajstić information content (AvgIpc) is 2.92. The highest BCUT2D eigenvalue weighted by Gasteiger charge is 2.10. The van der Waals surface area contributed by atoms with E-state index in [2.05, 4.69) is 66.7 Å². The fourth-order valence-corrected chi connectivity index (χ4v) is 4.00. The second-order valence-corrected chi connectivity index (χ2v) is 7.67. The first kappa shape index (κ1) is 16.9.